The lowest BCUT2D eigenvalue weighted by atomic mass is 10.3. The summed E-state index contributed by atoms with van der Waals surface area (Å²) < 4.78 is 4.91. The quantitative estimate of drug-likeness (QED) is 0.685. The molecule has 15 heavy (non-hydrogen) atoms. The molecule has 5 nitrogen and oxygen atoms in total. The maximum atomic E-state index is 11.4. The first-order valence-corrected chi connectivity index (χ1v) is 5.10. The Morgan fingerprint density at radius 3 is 2.60 bits per heavy atom. The molecule has 1 rings (SSSR count). The molecule has 1 unspecified atom stereocenters. The molecule has 0 aliphatic carbocycles. The van der Waals surface area contributed by atoms with E-state index in [0.717, 1.165) is 0 Å². The molecular formula is C10H18N2O3. The number of carbonyl (C=O) groups excluding carboxylic acids is 1. The van der Waals surface area contributed by atoms with E-state index in [2.05, 4.69) is 6.58 Å². The van der Waals surface area contributed by atoms with E-state index in [1.165, 1.54) is 0 Å². The Hall–Kier alpha value is -1.07. The second kappa shape index (κ2) is 5.72. The van der Waals surface area contributed by atoms with Gasteiger partial charge in [-0.2, -0.15) is 0 Å². The van der Waals surface area contributed by atoms with Gasteiger partial charge >= 0.3 is 6.09 Å². The molecule has 1 saturated heterocycles. The highest BCUT2D eigenvalue weighted by Crippen LogP contribution is 2.05. The van der Waals surface area contributed by atoms with Crippen molar-refractivity contribution in [1.29, 1.82) is 0 Å². The van der Waals surface area contributed by atoms with Crippen LogP contribution in [0.3, 0.4) is 0 Å². The molecule has 0 aromatic rings. The van der Waals surface area contributed by atoms with Crippen LogP contribution < -0.4 is 0 Å². The van der Waals surface area contributed by atoms with Crippen LogP contribution in [0.1, 0.15) is 6.92 Å². The highest BCUT2D eigenvalue weighted by molar-refractivity contribution is 5.67. The third kappa shape index (κ3) is 3.53. The molecule has 1 heterocycles. The fourth-order valence-electron chi connectivity index (χ4n) is 1.50. The van der Waals surface area contributed by atoms with Crippen LogP contribution in [-0.4, -0.2) is 60.0 Å². The van der Waals surface area contributed by atoms with E-state index in [0.29, 0.717) is 26.2 Å². The second-order valence-electron chi connectivity index (χ2n) is 3.52. The number of amides is 1. The minimum absolute atomic E-state index is 0.245. The van der Waals surface area contributed by atoms with Crippen LogP contribution in [0.25, 0.3) is 0 Å². The third-order valence-electron chi connectivity index (χ3n) is 2.43. The van der Waals surface area contributed by atoms with E-state index in [1.54, 1.807) is 17.9 Å². The number of hydrogen-bond donors (Lipinski definition) is 1. The number of ether oxygens (including phenoxy) is 1. The summed E-state index contributed by atoms with van der Waals surface area (Å²) in [5, 5.41) is 9.32. The van der Waals surface area contributed by atoms with Gasteiger partial charge in [-0.1, -0.05) is 12.7 Å². The molecule has 1 fully saturated rings. The largest absolute Gasteiger partial charge is 0.445 e. The molecular weight excluding hydrogens is 196 g/mol. The van der Waals surface area contributed by atoms with Crippen molar-refractivity contribution in [2.75, 3.05) is 32.8 Å². The molecule has 0 aromatic carbocycles. The van der Waals surface area contributed by atoms with Gasteiger partial charge < -0.3 is 14.7 Å². The van der Waals surface area contributed by atoms with Gasteiger partial charge in [0.25, 0.3) is 0 Å². The Labute approximate surface area is 89.9 Å². The smallest absolute Gasteiger partial charge is 0.410 e. The lowest BCUT2D eigenvalue weighted by molar-refractivity contribution is -0.0123. The SMILES string of the molecule is C=CCOC(=O)N1CCN(C(C)O)CC1. The van der Waals surface area contributed by atoms with E-state index >= 15 is 0 Å². The molecule has 1 aliphatic rings. The van der Waals surface area contributed by atoms with Gasteiger partial charge in [0.1, 0.15) is 12.8 Å². The van der Waals surface area contributed by atoms with Crippen LogP contribution >= 0.6 is 0 Å². The summed E-state index contributed by atoms with van der Waals surface area (Å²) in [7, 11) is 0. The van der Waals surface area contributed by atoms with E-state index in [9.17, 15) is 9.90 Å². The van der Waals surface area contributed by atoms with Gasteiger partial charge in [-0.3, -0.25) is 4.90 Å². The Bertz CT molecular complexity index is 223. The van der Waals surface area contributed by atoms with Crippen LogP contribution in [0.4, 0.5) is 4.79 Å². The average molecular weight is 214 g/mol. The van der Waals surface area contributed by atoms with Crippen LogP contribution in [0.5, 0.6) is 0 Å². The van der Waals surface area contributed by atoms with Gasteiger partial charge in [-0.25, -0.2) is 4.79 Å². The van der Waals surface area contributed by atoms with Crippen molar-refractivity contribution in [3.8, 4) is 0 Å². The highest BCUT2D eigenvalue weighted by atomic mass is 16.6. The summed E-state index contributed by atoms with van der Waals surface area (Å²) in [4.78, 5) is 15.0. The predicted molar refractivity (Wildman–Crippen MR) is 56.4 cm³/mol. The fourth-order valence-corrected chi connectivity index (χ4v) is 1.50. The van der Waals surface area contributed by atoms with Crippen molar-refractivity contribution < 1.29 is 14.6 Å². The summed E-state index contributed by atoms with van der Waals surface area (Å²) in [5.41, 5.74) is 0. The van der Waals surface area contributed by atoms with Crippen LogP contribution in [-0.2, 0) is 4.74 Å². The lowest BCUT2D eigenvalue weighted by Crippen LogP contribution is -2.51. The summed E-state index contributed by atoms with van der Waals surface area (Å²) in [6, 6.07) is 0. The van der Waals surface area contributed by atoms with Gasteiger partial charge in [0.05, 0.1) is 0 Å². The number of aliphatic hydroxyl groups is 1. The highest BCUT2D eigenvalue weighted by Gasteiger charge is 2.23. The van der Waals surface area contributed by atoms with Gasteiger partial charge in [-0.15, -0.1) is 0 Å². The molecule has 0 aromatic heterocycles. The van der Waals surface area contributed by atoms with Crippen LogP contribution in [0.2, 0.25) is 0 Å². The summed E-state index contributed by atoms with van der Waals surface area (Å²) in [6.45, 7) is 8.01. The van der Waals surface area contributed by atoms with Crippen molar-refractivity contribution in [2.24, 2.45) is 0 Å². The predicted octanol–water partition coefficient (Wildman–Crippen LogP) is 0.265. The molecule has 0 radical (unpaired) electrons. The first kappa shape index (κ1) is 12.0. The van der Waals surface area contributed by atoms with Crippen LogP contribution in [0, 0.1) is 0 Å². The Morgan fingerprint density at radius 2 is 2.13 bits per heavy atom. The summed E-state index contributed by atoms with van der Waals surface area (Å²) in [5.74, 6) is 0. The number of aliphatic hydroxyl groups excluding tert-OH is 1. The van der Waals surface area contributed by atoms with E-state index in [-0.39, 0.29) is 12.7 Å². The second-order valence-corrected chi connectivity index (χ2v) is 3.52. The average Bonchev–Trinajstić information content (AvgIpc) is 2.26. The van der Waals surface area contributed by atoms with Gasteiger partial charge in [0, 0.05) is 26.2 Å². The standard InChI is InChI=1S/C10H18N2O3/c1-3-8-15-10(14)12-6-4-11(5-7-12)9(2)13/h3,9,13H,1,4-8H2,2H3. The molecule has 5 heteroatoms. The first-order valence-electron chi connectivity index (χ1n) is 5.10. The molecule has 86 valence electrons. The fraction of sp³-hybridized carbons (Fsp3) is 0.700. The molecule has 1 amide bonds. The zero-order valence-corrected chi connectivity index (χ0v) is 9.06. The monoisotopic (exact) mass is 214 g/mol. The normalized spacial score (nSPS) is 19.7. The van der Waals surface area contributed by atoms with Crippen molar-refractivity contribution in [2.45, 2.75) is 13.2 Å². The topological polar surface area (TPSA) is 53.0 Å². The maximum Gasteiger partial charge on any atom is 0.410 e. The zero-order valence-electron chi connectivity index (χ0n) is 9.06. The van der Waals surface area contributed by atoms with E-state index in [4.69, 9.17) is 4.74 Å². The van der Waals surface area contributed by atoms with Crippen molar-refractivity contribution in [3.05, 3.63) is 12.7 Å². The molecule has 1 aliphatic heterocycles. The number of piperazine rings is 1. The summed E-state index contributed by atoms with van der Waals surface area (Å²) >= 11 is 0. The Balaban J connectivity index is 2.30. The van der Waals surface area contributed by atoms with Gasteiger partial charge in [0.15, 0.2) is 0 Å². The van der Waals surface area contributed by atoms with Gasteiger partial charge in [-0.05, 0) is 6.92 Å². The van der Waals surface area contributed by atoms with Crippen molar-refractivity contribution in [1.82, 2.24) is 9.80 Å². The minimum atomic E-state index is -0.448. The molecule has 0 saturated carbocycles. The number of rotatable bonds is 3. The molecule has 0 spiro atoms. The Morgan fingerprint density at radius 1 is 1.53 bits per heavy atom. The van der Waals surface area contributed by atoms with Gasteiger partial charge in [0.2, 0.25) is 0 Å². The maximum absolute atomic E-state index is 11.4. The minimum Gasteiger partial charge on any atom is -0.445 e. The number of carbonyl (C=O) groups is 1. The van der Waals surface area contributed by atoms with E-state index < -0.39 is 6.23 Å². The number of nitrogens with zero attached hydrogens (tertiary/aromatic N) is 2. The van der Waals surface area contributed by atoms with Crippen LogP contribution in [0.15, 0.2) is 12.7 Å². The first-order chi connectivity index (χ1) is 7.15. The third-order valence-corrected chi connectivity index (χ3v) is 2.43. The lowest BCUT2D eigenvalue weighted by Gasteiger charge is -2.35. The number of hydrogen-bond acceptors (Lipinski definition) is 4. The van der Waals surface area contributed by atoms with E-state index in [1.807, 2.05) is 4.90 Å². The molecule has 0 bridgehead atoms. The molecule has 1 N–H and O–H groups in total. The van der Waals surface area contributed by atoms with Crippen molar-refractivity contribution >= 4 is 6.09 Å². The summed E-state index contributed by atoms with van der Waals surface area (Å²) in [6.07, 6.45) is 0.792. The molecule has 1 atom stereocenters. The zero-order chi connectivity index (χ0) is 11.3. The van der Waals surface area contributed by atoms with Crippen molar-refractivity contribution in [3.63, 3.8) is 0 Å². The Kier molecular flexibility index (Phi) is 4.58.